The number of nitrogens with zero attached hydrogens (tertiary/aromatic N) is 2. The normalized spacial score (nSPS) is 15.0. The number of hydrogen-bond donors (Lipinski definition) is 1. The Kier molecular flexibility index (Phi) is 7.99. The van der Waals surface area contributed by atoms with Crippen molar-refractivity contribution in [2.24, 2.45) is 4.99 Å². The fraction of sp³-hybridized carbons (Fsp3) is 0.208. The summed E-state index contributed by atoms with van der Waals surface area (Å²) in [5, 5.41) is 4.26. The van der Waals surface area contributed by atoms with Crippen molar-refractivity contribution in [2.45, 2.75) is 19.2 Å². The minimum absolute atomic E-state index is 0. The molecule has 30 heavy (non-hydrogen) atoms. The maximum absolute atomic E-state index is 6.09. The van der Waals surface area contributed by atoms with E-state index >= 15 is 0 Å². The molecule has 156 valence electrons. The van der Waals surface area contributed by atoms with Gasteiger partial charge in [0.25, 0.3) is 0 Å². The zero-order chi connectivity index (χ0) is 20.1. The smallest absolute Gasteiger partial charge is 0.194 e. The van der Waals surface area contributed by atoms with Crippen molar-refractivity contribution in [3.63, 3.8) is 0 Å². The summed E-state index contributed by atoms with van der Waals surface area (Å²) in [6, 6.07) is 26.5. The van der Waals surface area contributed by atoms with Crippen LogP contribution in [0, 0.1) is 0 Å². The number of hydrogen-bond acceptors (Lipinski definition) is 4. The highest BCUT2D eigenvalue weighted by molar-refractivity contribution is 14.0. The standard InChI is InChI=1S/C24H24ClN3O.HI/c1-28(24-26-15-22(27-24)19-11-13-21(25)14-12-19)16-20-9-5-6-10-23(20)29-17-18-7-3-2-4-8-18;/h2-14,22H,15-17H2,1H3,(H,26,27);1H. The van der Waals surface area contributed by atoms with Gasteiger partial charge in [0.05, 0.1) is 12.6 Å². The Labute approximate surface area is 199 Å². The summed E-state index contributed by atoms with van der Waals surface area (Å²) in [5.74, 6) is 1.79. The molecule has 0 amide bonds. The van der Waals surface area contributed by atoms with Gasteiger partial charge in [-0.15, -0.1) is 24.0 Å². The number of guanidine groups is 1. The molecule has 0 aliphatic carbocycles. The third kappa shape index (κ3) is 5.67. The molecular weight excluding hydrogens is 509 g/mol. The molecule has 1 N–H and O–H groups in total. The quantitative estimate of drug-likeness (QED) is 0.415. The Morgan fingerprint density at radius 2 is 1.70 bits per heavy atom. The molecule has 0 spiro atoms. The first-order valence-corrected chi connectivity index (χ1v) is 10.1. The van der Waals surface area contributed by atoms with Gasteiger partial charge in [0, 0.05) is 24.2 Å². The monoisotopic (exact) mass is 533 g/mol. The lowest BCUT2D eigenvalue weighted by atomic mass is 10.1. The van der Waals surface area contributed by atoms with Gasteiger partial charge in [0.2, 0.25) is 0 Å². The first kappa shape index (κ1) is 22.4. The van der Waals surface area contributed by atoms with E-state index in [1.807, 2.05) is 67.7 Å². The average Bonchev–Trinajstić information content (AvgIpc) is 3.25. The molecule has 1 aliphatic rings. The van der Waals surface area contributed by atoms with Crippen LogP contribution in [0.15, 0.2) is 83.9 Å². The summed E-state index contributed by atoms with van der Waals surface area (Å²) in [5.41, 5.74) is 3.47. The Hall–Kier alpha value is -2.25. The third-order valence-corrected chi connectivity index (χ3v) is 5.23. The van der Waals surface area contributed by atoms with E-state index in [0.717, 1.165) is 27.9 Å². The number of para-hydroxylation sites is 1. The Morgan fingerprint density at radius 1 is 1.00 bits per heavy atom. The van der Waals surface area contributed by atoms with Gasteiger partial charge < -0.3 is 15.0 Å². The predicted molar refractivity (Wildman–Crippen MR) is 134 cm³/mol. The summed E-state index contributed by atoms with van der Waals surface area (Å²) in [7, 11) is 2.05. The van der Waals surface area contributed by atoms with E-state index in [2.05, 4.69) is 28.4 Å². The van der Waals surface area contributed by atoms with Crippen molar-refractivity contribution in [1.29, 1.82) is 0 Å². The molecule has 4 nitrogen and oxygen atoms in total. The first-order chi connectivity index (χ1) is 14.2. The van der Waals surface area contributed by atoms with E-state index < -0.39 is 0 Å². The Balaban J connectivity index is 0.00000256. The minimum atomic E-state index is 0. The van der Waals surface area contributed by atoms with Gasteiger partial charge in [-0.25, -0.2) is 0 Å². The second-order valence-electron chi connectivity index (χ2n) is 7.15. The van der Waals surface area contributed by atoms with Crippen molar-refractivity contribution < 1.29 is 4.74 Å². The molecule has 0 aromatic heterocycles. The van der Waals surface area contributed by atoms with Crippen LogP contribution < -0.4 is 10.1 Å². The van der Waals surface area contributed by atoms with Crippen LogP contribution in [0.4, 0.5) is 0 Å². The van der Waals surface area contributed by atoms with Crippen molar-refractivity contribution >= 4 is 41.5 Å². The maximum Gasteiger partial charge on any atom is 0.194 e. The van der Waals surface area contributed by atoms with E-state index in [0.29, 0.717) is 19.7 Å². The molecule has 0 fully saturated rings. The van der Waals surface area contributed by atoms with Crippen LogP contribution in [0.1, 0.15) is 22.7 Å². The highest BCUT2D eigenvalue weighted by Crippen LogP contribution is 2.23. The molecule has 1 aliphatic heterocycles. The number of halogens is 2. The van der Waals surface area contributed by atoms with Crippen LogP contribution in [0.3, 0.4) is 0 Å². The third-order valence-electron chi connectivity index (χ3n) is 4.98. The molecule has 1 atom stereocenters. The molecular formula is C24H25ClIN3O. The molecule has 3 aromatic rings. The van der Waals surface area contributed by atoms with Gasteiger partial charge in [-0.2, -0.15) is 0 Å². The predicted octanol–water partition coefficient (Wildman–Crippen LogP) is 5.67. The van der Waals surface area contributed by atoms with Gasteiger partial charge in [-0.1, -0.05) is 72.3 Å². The van der Waals surface area contributed by atoms with Crippen LogP contribution in [-0.4, -0.2) is 24.5 Å². The van der Waals surface area contributed by atoms with Crippen LogP contribution in [-0.2, 0) is 13.2 Å². The number of aliphatic imine (C=N–C) groups is 1. The second-order valence-corrected chi connectivity index (χ2v) is 7.59. The van der Waals surface area contributed by atoms with Crippen molar-refractivity contribution in [3.8, 4) is 5.75 Å². The minimum Gasteiger partial charge on any atom is -0.489 e. The summed E-state index contributed by atoms with van der Waals surface area (Å²) in [4.78, 5) is 6.82. The molecule has 0 bridgehead atoms. The van der Waals surface area contributed by atoms with Crippen LogP contribution in [0.5, 0.6) is 5.75 Å². The number of nitrogens with one attached hydrogen (secondary N) is 1. The maximum atomic E-state index is 6.09. The van der Waals surface area contributed by atoms with Gasteiger partial charge in [-0.05, 0) is 29.3 Å². The molecule has 1 unspecified atom stereocenters. The zero-order valence-corrected chi connectivity index (χ0v) is 19.9. The molecule has 6 heteroatoms. The van der Waals surface area contributed by atoms with Crippen molar-refractivity contribution in [2.75, 3.05) is 13.6 Å². The summed E-state index contributed by atoms with van der Waals surface area (Å²) < 4.78 is 6.09. The highest BCUT2D eigenvalue weighted by atomic mass is 127. The highest BCUT2D eigenvalue weighted by Gasteiger charge is 2.22. The lowest BCUT2D eigenvalue weighted by molar-refractivity contribution is 0.299. The van der Waals surface area contributed by atoms with E-state index in [4.69, 9.17) is 21.3 Å². The molecule has 3 aromatic carbocycles. The first-order valence-electron chi connectivity index (χ1n) is 9.71. The fourth-order valence-electron chi connectivity index (χ4n) is 3.38. The van der Waals surface area contributed by atoms with E-state index in [1.165, 1.54) is 5.56 Å². The van der Waals surface area contributed by atoms with Gasteiger partial charge in [0.15, 0.2) is 5.96 Å². The van der Waals surface area contributed by atoms with Crippen molar-refractivity contribution in [1.82, 2.24) is 10.2 Å². The molecule has 0 saturated heterocycles. The largest absolute Gasteiger partial charge is 0.489 e. The van der Waals surface area contributed by atoms with Crippen LogP contribution >= 0.6 is 35.6 Å². The summed E-state index contributed by atoms with van der Waals surface area (Å²) in [6.07, 6.45) is 0. The molecule has 0 saturated carbocycles. The van der Waals surface area contributed by atoms with Gasteiger partial charge in [-0.3, -0.25) is 4.99 Å². The lowest BCUT2D eigenvalue weighted by Crippen LogP contribution is -2.36. The van der Waals surface area contributed by atoms with Gasteiger partial charge in [0.1, 0.15) is 12.4 Å². The fourth-order valence-corrected chi connectivity index (χ4v) is 3.51. The SMILES string of the molecule is CN(Cc1ccccc1OCc1ccccc1)C1=NCC(c2ccc(Cl)cc2)N1.I. The topological polar surface area (TPSA) is 36.9 Å². The second kappa shape index (κ2) is 10.7. The molecule has 4 rings (SSSR count). The number of benzene rings is 3. The summed E-state index contributed by atoms with van der Waals surface area (Å²) >= 11 is 6.00. The van der Waals surface area contributed by atoms with Crippen LogP contribution in [0.25, 0.3) is 0 Å². The van der Waals surface area contributed by atoms with Crippen LogP contribution in [0.2, 0.25) is 5.02 Å². The Bertz CT molecular complexity index is 979. The summed E-state index contributed by atoms with van der Waals surface area (Å²) in [6.45, 7) is 1.98. The molecule has 0 radical (unpaired) electrons. The average molecular weight is 534 g/mol. The lowest BCUT2D eigenvalue weighted by Gasteiger charge is -2.22. The van der Waals surface area contributed by atoms with E-state index in [-0.39, 0.29) is 30.0 Å². The van der Waals surface area contributed by atoms with E-state index in [9.17, 15) is 0 Å². The Morgan fingerprint density at radius 3 is 2.47 bits per heavy atom. The zero-order valence-electron chi connectivity index (χ0n) is 16.8. The van der Waals surface area contributed by atoms with Crippen molar-refractivity contribution in [3.05, 3.63) is 101 Å². The van der Waals surface area contributed by atoms with E-state index in [1.54, 1.807) is 0 Å². The number of ether oxygens (including phenoxy) is 1. The number of rotatable bonds is 6. The molecule has 1 heterocycles. The van der Waals surface area contributed by atoms with Gasteiger partial charge >= 0.3 is 0 Å².